The Bertz CT molecular complexity index is 1070. The summed E-state index contributed by atoms with van der Waals surface area (Å²) >= 11 is 1.36. The van der Waals surface area contributed by atoms with Crippen molar-refractivity contribution in [3.8, 4) is 0 Å². The van der Waals surface area contributed by atoms with E-state index in [1.807, 2.05) is 50.2 Å². The van der Waals surface area contributed by atoms with Crippen molar-refractivity contribution in [3.05, 3.63) is 87.9 Å². The molecule has 4 rings (SSSR count). The third-order valence-electron chi connectivity index (χ3n) is 4.83. The van der Waals surface area contributed by atoms with Gasteiger partial charge in [-0.1, -0.05) is 60.7 Å². The Hall–Kier alpha value is -3.25. The van der Waals surface area contributed by atoms with E-state index in [9.17, 15) is 14.7 Å². The van der Waals surface area contributed by atoms with Crippen LogP contribution in [0.3, 0.4) is 0 Å². The molecular formula is C22H18N2O3S. The maximum Gasteiger partial charge on any atom is 0.301 e. The highest BCUT2D eigenvalue weighted by Crippen LogP contribution is 2.43. The predicted octanol–water partition coefficient (Wildman–Crippen LogP) is 4.39. The molecule has 1 aliphatic heterocycles. The molecule has 1 atom stereocenters. The molecule has 1 N–H and O–H groups in total. The molecule has 140 valence electrons. The lowest BCUT2D eigenvalue weighted by Crippen LogP contribution is -2.29. The van der Waals surface area contributed by atoms with Crippen LogP contribution in [-0.2, 0) is 9.59 Å². The molecule has 2 heterocycles. The van der Waals surface area contributed by atoms with Crippen LogP contribution in [0.5, 0.6) is 0 Å². The number of aromatic nitrogens is 1. The number of anilines is 1. The first-order chi connectivity index (χ1) is 13.5. The second kappa shape index (κ2) is 7.05. The number of hydrogen-bond donors (Lipinski definition) is 1. The molecule has 28 heavy (non-hydrogen) atoms. The molecule has 0 aliphatic carbocycles. The number of carbonyl (C=O) groups excluding carboxylic acids is 2. The number of nitrogens with zero attached hydrogens (tertiary/aromatic N) is 2. The van der Waals surface area contributed by atoms with Gasteiger partial charge in [0.25, 0.3) is 5.78 Å². The second-order valence-corrected chi connectivity index (χ2v) is 7.77. The van der Waals surface area contributed by atoms with Crippen molar-refractivity contribution in [3.63, 3.8) is 0 Å². The zero-order valence-electron chi connectivity index (χ0n) is 15.4. The minimum Gasteiger partial charge on any atom is -0.507 e. The summed E-state index contributed by atoms with van der Waals surface area (Å²) in [7, 11) is 0. The van der Waals surface area contributed by atoms with Crippen LogP contribution in [-0.4, -0.2) is 21.8 Å². The van der Waals surface area contributed by atoms with E-state index in [0.717, 1.165) is 16.1 Å². The Balaban J connectivity index is 1.95. The molecule has 1 aromatic heterocycles. The van der Waals surface area contributed by atoms with Gasteiger partial charge in [-0.3, -0.25) is 14.5 Å². The molecule has 0 unspecified atom stereocenters. The van der Waals surface area contributed by atoms with Crippen LogP contribution in [0.2, 0.25) is 0 Å². The first kappa shape index (κ1) is 18.1. The fraction of sp³-hybridized carbons (Fsp3) is 0.136. The monoisotopic (exact) mass is 390 g/mol. The van der Waals surface area contributed by atoms with Gasteiger partial charge in [0.05, 0.1) is 17.3 Å². The topological polar surface area (TPSA) is 70.5 Å². The molecule has 1 fully saturated rings. The van der Waals surface area contributed by atoms with Gasteiger partial charge in [-0.2, -0.15) is 0 Å². The smallest absolute Gasteiger partial charge is 0.301 e. The van der Waals surface area contributed by atoms with Crippen LogP contribution in [0.1, 0.15) is 27.7 Å². The van der Waals surface area contributed by atoms with E-state index in [1.165, 1.54) is 16.2 Å². The van der Waals surface area contributed by atoms with Crippen LogP contribution in [0.4, 0.5) is 5.13 Å². The Morgan fingerprint density at radius 2 is 1.61 bits per heavy atom. The highest BCUT2D eigenvalue weighted by molar-refractivity contribution is 7.16. The molecule has 3 aromatic rings. The molecule has 1 saturated heterocycles. The van der Waals surface area contributed by atoms with Crippen molar-refractivity contribution >= 4 is 33.9 Å². The van der Waals surface area contributed by atoms with E-state index < -0.39 is 17.7 Å². The molecular weight excluding hydrogens is 372 g/mol. The zero-order valence-corrected chi connectivity index (χ0v) is 16.2. The highest BCUT2D eigenvalue weighted by atomic mass is 32.1. The van der Waals surface area contributed by atoms with Crippen molar-refractivity contribution in [2.75, 3.05) is 4.90 Å². The third kappa shape index (κ3) is 2.92. The number of hydrogen-bond acceptors (Lipinski definition) is 5. The molecule has 6 heteroatoms. The fourth-order valence-corrected chi connectivity index (χ4v) is 4.23. The number of aliphatic hydroxyl groups excluding tert-OH is 1. The fourth-order valence-electron chi connectivity index (χ4n) is 3.29. The molecule has 2 aromatic carbocycles. The molecule has 5 nitrogen and oxygen atoms in total. The van der Waals surface area contributed by atoms with Gasteiger partial charge in [-0.25, -0.2) is 4.98 Å². The summed E-state index contributed by atoms with van der Waals surface area (Å²) in [5.41, 5.74) is 2.13. The normalized spacial score (nSPS) is 18.6. The molecule has 0 spiro atoms. The summed E-state index contributed by atoms with van der Waals surface area (Å²) in [6.07, 6.45) is 0. The minimum absolute atomic E-state index is 0.0768. The van der Waals surface area contributed by atoms with E-state index in [4.69, 9.17) is 0 Å². The average Bonchev–Trinajstić information content (AvgIpc) is 3.19. The van der Waals surface area contributed by atoms with E-state index in [-0.39, 0.29) is 11.3 Å². The minimum atomic E-state index is -0.730. The SMILES string of the molecule is Cc1nc(N2C(=O)C(=O)/C(=C(/O)c3ccccc3)[C@H]2c2ccccc2)sc1C. The predicted molar refractivity (Wildman–Crippen MR) is 109 cm³/mol. The summed E-state index contributed by atoms with van der Waals surface area (Å²) < 4.78 is 0. The van der Waals surface area contributed by atoms with E-state index in [2.05, 4.69) is 4.98 Å². The second-order valence-electron chi connectivity index (χ2n) is 6.58. The third-order valence-corrected chi connectivity index (χ3v) is 5.90. The van der Waals surface area contributed by atoms with Gasteiger partial charge in [0.1, 0.15) is 5.76 Å². The average molecular weight is 390 g/mol. The first-order valence-electron chi connectivity index (χ1n) is 8.84. The van der Waals surface area contributed by atoms with Gasteiger partial charge in [0.15, 0.2) is 5.13 Å². The van der Waals surface area contributed by atoms with E-state index >= 15 is 0 Å². The van der Waals surface area contributed by atoms with Crippen LogP contribution in [0, 0.1) is 13.8 Å². The number of rotatable bonds is 3. The van der Waals surface area contributed by atoms with Crippen molar-refractivity contribution in [2.24, 2.45) is 0 Å². The van der Waals surface area contributed by atoms with Gasteiger partial charge in [0, 0.05) is 10.4 Å². The Morgan fingerprint density at radius 3 is 2.18 bits per heavy atom. The number of amides is 1. The van der Waals surface area contributed by atoms with Gasteiger partial charge < -0.3 is 5.11 Å². The maximum atomic E-state index is 13.0. The Morgan fingerprint density at radius 1 is 1.00 bits per heavy atom. The molecule has 1 amide bonds. The number of thiazole rings is 1. The largest absolute Gasteiger partial charge is 0.507 e. The van der Waals surface area contributed by atoms with Crippen molar-refractivity contribution in [1.29, 1.82) is 0 Å². The summed E-state index contributed by atoms with van der Waals surface area (Å²) in [4.78, 5) is 32.8. The number of carbonyl (C=O) groups is 2. The highest BCUT2D eigenvalue weighted by Gasteiger charge is 2.48. The lowest BCUT2D eigenvalue weighted by Gasteiger charge is -2.22. The van der Waals surface area contributed by atoms with Crippen LogP contribution < -0.4 is 4.90 Å². The standard InChI is InChI=1S/C22H18N2O3S/c1-13-14(2)28-22(23-13)24-18(15-9-5-3-6-10-15)17(20(26)21(24)27)19(25)16-11-7-4-8-12-16/h3-12,18,25H,1-2H3/b19-17+/t18-/m1/s1. The number of aryl methyl sites for hydroxylation is 2. The summed E-state index contributed by atoms with van der Waals surface area (Å²) in [6, 6.07) is 17.3. The summed E-state index contributed by atoms with van der Waals surface area (Å²) in [5.74, 6) is -1.57. The van der Waals surface area contributed by atoms with Crippen molar-refractivity contribution < 1.29 is 14.7 Å². The molecule has 1 aliphatic rings. The van der Waals surface area contributed by atoms with Gasteiger partial charge >= 0.3 is 5.91 Å². The van der Waals surface area contributed by atoms with Gasteiger partial charge in [0.2, 0.25) is 0 Å². The maximum absolute atomic E-state index is 13.0. The van der Waals surface area contributed by atoms with Crippen molar-refractivity contribution in [1.82, 2.24) is 4.98 Å². The number of benzene rings is 2. The van der Waals surface area contributed by atoms with E-state index in [1.54, 1.807) is 24.3 Å². The zero-order chi connectivity index (χ0) is 19.8. The van der Waals surface area contributed by atoms with Gasteiger partial charge in [-0.15, -0.1) is 11.3 Å². The number of ketones is 1. The molecule has 0 saturated carbocycles. The van der Waals surface area contributed by atoms with E-state index in [0.29, 0.717) is 10.7 Å². The van der Waals surface area contributed by atoms with Crippen LogP contribution in [0.25, 0.3) is 5.76 Å². The quantitative estimate of drug-likeness (QED) is 0.409. The van der Waals surface area contributed by atoms with Crippen molar-refractivity contribution in [2.45, 2.75) is 19.9 Å². The summed E-state index contributed by atoms with van der Waals surface area (Å²) in [5, 5.41) is 11.4. The molecule has 0 radical (unpaired) electrons. The number of Topliss-reactive ketones (excluding diaryl/α,β-unsaturated/α-hetero) is 1. The Labute approximate surface area is 166 Å². The summed E-state index contributed by atoms with van der Waals surface area (Å²) in [6.45, 7) is 3.79. The first-order valence-corrected chi connectivity index (χ1v) is 9.66. The number of aliphatic hydroxyl groups is 1. The van der Waals surface area contributed by atoms with Crippen LogP contribution in [0.15, 0.2) is 66.2 Å². The Kier molecular flexibility index (Phi) is 4.57. The lowest BCUT2D eigenvalue weighted by atomic mass is 9.95. The van der Waals surface area contributed by atoms with Crippen LogP contribution >= 0.6 is 11.3 Å². The van der Waals surface area contributed by atoms with Gasteiger partial charge in [-0.05, 0) is 19.4 Å². The molecule has 0 bridgehead atoms. The lowest BCUT2D eigenvalue weighted by molar-refractivity contribution is -0.132.